The largest absolute Gasteiger partial charge is 0.389 e. The third-order valence-corrected chi connectivity index (χ3v) is 2.84. The summed E-state index contributed by atoms with van der Waals surface area (Å²) in [6.07, 6.45) is 1.38. The molecule has 2 unspecified atom stereocenters. The maximum absolute atomic E-state index is 12.7. The number of aliphatic hydroxyl groups is 1. The van der Waals surface area contributed by atoms with E-state index in [9.17, 15) is 9.50 Å². The first kappa shape index (κ1) is 15.1. The highest BCUT2D eigenvalue weighted by Crippen LogP contribution is 2.07. The molecule has 102 valence electrons. The molecule has 0 saturated carbocycles. The van der Waals surface area contributed by atoms with Gasteiger partial charge in [0, 0.05) is 19.7 Å². The molecular formula is C14H22FNO2. The molecule has 0 amide bonds. The monoisotopic (exact) mass is 255 g/mol. The Bertz CT molecular complexity index is 329. The Balaban J connectivity index is 2.20. The molecule has 1 aromatic rings. The highest BCUT2D eigenvalue weighted by molar-refractivity contribution is 5.16. The standard InChI is InChI=1S/C14H22FNO2/c1-11(16-9-14(17)10-18-2)3-4-12-5-7-13(15)8-6-12/h5-8,11,14,16-17H,3-4,9-10H2,1-2H3. The summed E-state index contributed by atoms with van der Waals surface area (Å²) in [5.74, 6) is -0.201. The number of hydrogen-bond acceptors (Lipinski definition) is 3. The van der Waals surface area contributed by atoms with Crippen LogP contribution in [0.2, 0.25) is 0 Å². The summed E-state index contributed by atoms with van der Waals surface area (Å²) in [4.78, 5) is 0. The summed E-state index contributed by atoms with van der Waals surface area (Å²) in [7, 11) is 1.57. The zero-order valence-corrected chi connectivity index (χ0v) is 11.0. The average molecular weight is 255 g/mol. The van der Waals surface area contributed by atoms with Gasteiger partial charge in [0.25, 0.3) is 0 Å². The molecule has 0 aliphatic heterocycles. The van der Waals surface area contributed by atoms with Gasteiger partial charge in [-0.3, -0.25) is 0 Å². The van der Waals surface area contributed by atoms with Crippen molar-refractivity contribution in [3.8, 4) is 0 Å². The number of rotatable bonds is 8. The van der Waals surface area contributed by atoms with Crippen LogP contribution in [0.25, 0.3) is 0 Å². The molecule has 0 heterocycles. The van der Waals surface area contributed by atoms with Crippen LogP contribution in [0.3, 0.4) is 0 Å². The Hall–Kier alpha value is -0.970. The van der Waals surface area contributed by atoms with Crippen LogP contribution in [0.1, 0.15) is 18.9 Å². The fourth-order valence-corrected chi connectivity index (χ4v) is 1.72. The number of nitrogens with one attached hydrogen (secondary N) is 1. The second-order valence-corrected chi connectivity index (χ2v) is 4.58. The molecule has 0 aromatic heterocycles. The third kappa shape index (κ3) is 6.10. The summed E-state index contributed by atoms with van der Waals surface area (Å²) in [5, 5.41) is 12.7. The second-order valence-electron chi connectivity index (χ2n) is 4.58. The van der Waals surface area contributed by atoms with Crippen molar-refractivity contribution in [1.82, 2.24) is 5.32 Å². The Morgan fingerprint density at radius 1 is 1.33 bits per heavy atom. The third-order valence-electron chi connectivity index (χ3n) is 2.84. The van der Waals surface area contributed by atoms with Gasteiger partial charge >= 0.3 is 0 Å². The Labute approximate surface area is 108 Å². The Kier molecular flexibility index (Phi) is 6.86. The summed E-state index contributed by atoms with van der Waals surface area (Å²) >= 11 is 0. The summed E-state index contributed by atoms with van der Waals surface area (Å²) in [6.45, 7) is 2.94. The molecule has 0 aliphatic carbocycles. The lowest BCUT2D eigenvalue weighted by Gasteiger charge is -2.16. The van der Waals surface area contributed by atoms with Gasteiger partial charge in [-0.1, -0.05) is 12.1 Å². The topological polar surface area (TPSA) is 41.5 Å². The van der Waals surface area contributed by atoms with Crippen LogP contribution in [0.15, 0.2) is 24.3 Å². The van der Waals surface area contributed by atoms with E-state index in [4.69, 9.17) is 4.74 Å². The van der Waals surface area contributed by atoms with E-state index >= 15 is 0 Å². The van der Waals surface area contributed by atoms with Crippen LogP contribution in [0.4, 0.5) is 4.39 Å². The summed E-state index contributed by atoms with van der Waals surface area (Å²) < 4.78 is 17.6. The molecule has 0 aliphatic rings. The number of aryl methyl sites for hydroxylation is 1. The van der Waals surface area contributed by atoms with Crippen molar-refractivity contribution in [2.24, 2.45) is 0 Å². The molecular weight excluding hydrogens is 233 g/mol. The predicted octanol–water partition coefficient (Wildman–Crippen LogP) is 1.74. The molecule has 3 nitrogen and oxygen atoms in total. The Morgan fingerprint density at radius 2 is 2.00 bits per heavy atom. The maximum Gasteiger partial charge on any atom is 0.123 e. The minimum absolute atomic E-state index is 0.201. The first-order valence-corrected chi connectivity index (χ1v) is 6.26. The molecule has 18 heavy (non-hydrogen) atoms. The number of methoxy groups -OCH3 is 1. The molecule has 0 radical (unpaired) electrons. The molecule has 1 rings (SSSR count). The molecule has 0 saturated heterocycles. The summed E-state index contributed by atoms with van der Waals surface area (Å²) in [5.41, 5.74) is 1.13. The number of hydrogen-bond donors (Lipinski definition) is 2. The van der Waals surface area contributed by atoms with Crippen LogP contribution in [0.5, 0.6) is 0 Å². The van der Waals surface area contributed by atoms with E-state index in [0.717, 1.165) is 18.4 Å². The lowest BCUT2D eigenvalue weighted by molar-refractivity contribution is 0.0629. The van der Waals surface area contributed by atoms with E-state index in [2.05, 4.69) is 12.2 Å². The van der Waals surface area contributed by atoms with E-state index < -0.39 is 6.10 Å². The minimum Gasteiger partial charge on any atom is -0.389 e. The van der Waals surface area contributed by atoms with Crippen LogP contribution < -0.4 is 5.32 Å². The second kappa shape index (κ2) is 8.19. The van der Waals surface area contributed by atoms with Gasteiger partial charge in [0.1, 0.15) is 5.82 Å². The molecule has 4 heteroatoms. The van der Waals surface area contributed by atoms with Crippen LogP contribution in [0, 0.1) is 5.82 Å². The van der Waals surface area contributed by atoms with Gasteiger partial charge in [-0.15, -0.1) is 0 Å². The van der Waals surface area contributed by atoms with Gasteiger partial charge in [-0.05, 0) is 37.5 Å². The summed E-state index contributed by atoms with van der Waals surface area (Å²) in [6, 6.07) is 6.89. The SMILES string of the molecule is COCC(O)CNC(C)CCc1ccc(F)cc1. The van der Waals surface area contributed by atoms with E-state index in [1.807, 2.05) is 12.1 Å². The van der Waals surface area contributed by atoms with Crippen molar-refractivity contribution in [3.63, 3.8) is 0 Å². The minimum atomic E-state index is -0.469. The number of benzene rings is 1. The average Bonchev–Trinajstić information content (AvgIpc) is 2.36. The van der Waals surface area contributed by atoms with Gasteiger partial charge in [0.2, 0.25) is 0 Å². The highest BCUT2D eigenvalue weighted by atomic mass is 19.1. The van der Waals surface area contributed by atoms with E-state index in [0.29, 0.717) is 19.2 Å². The maximum atomic E-state index is 12.7. The number of halogens is 1. The van der Waals surface area contributed by atoms with Gasteiger partial charge in [0.15, 0.2) is 0 Å². The zero-order valence-electron chi connectivity index (χ0n) is 11.0. The van der Waals surface area contributed by atoms with Crippen molar-refractivity contribution in [2.45, 2.75) is 31.9 Å². The molecule has 0 bridgehead atoms. The molecule has 0 spiro atoms. The molecule has 0 fully saturated rings. The lowest BCUT2D eigenvalue weighted by atomic mass is 10.1. The molecule has 2 atom stereocenters. The molecule has 1 aromatic carbocycles. The highest BCUT2D eigenvalue weighted by Gasteiger charge is 2.06. The van der Waals surface area contributed by atoms with Crippen molar-refractivity contribution >= 4 is 0 Å². The molecule has 2 N–H and O–H groups in total. The predicted molar refractivity (Wildman–Crippen MR) is 70.1 cm³/mol. The quantitative estimate of drug-likeness (QED) is 0.743. The lowest BCUT2D eigenvalue weighted by Crippen LogP contribution is -2.36. The van der Waals surface area contributed by atoms with Gasteiger partial charge in [-0.25, -0.2) is 4.39 Å². The number of aliphatic hydroxyl groups excluding tert-OH is 1. The zero-order chi connectivity index (χ0) is 13.4. The van der Waals surface area contributed by atoms with Gasteiger partial charge in [0.05, 0.1) is 12.7 Å². The fourth-order valence-electron chi connectivity index (χ4n) is 1.72. The van der Waals surface area contributed by atoms with Crippen molar-refractivity contribution in [1.29, 1.82) is 0 Å². The first-order chi connectivity index (χ1) is 8.61. The normalized spacial score (nSPS) is 14.4. The van der Waals surface area contributed by atoms with Crippen LogP contribution >= 0.6 is 0 Å². The van der Waals surface area contributed by atoms with Crippen LogP contribution in [-0.4, -0.2) is 37.5 Å². The van der Waals surface area contributed by atoms with Crippen LogP contribution in [-0.2, 0) is 11.2 Å². The van der Waals surface area contributed by atoms with Crippen molar-refractivity contribution in [2.75, 3.05) is 20.3 Å². The van der Waals surface area contributed by atoms with E-state index in [1.165, 1.54) is 12.1 Å². The van der Waals surface area contributed by atoms with Gasteiger partial charge < -0.3 is 15.2 Å². The van der Waals surface area contributed by atoms with Crippen molar-refractivity contribution < 1.29 is 14.2 Å². The Morgan fingerprint density at radius 3 is 2.61 bits per heavy atom. The smallest absolute Gasteiger partial charge is 0.123 e. The van der Waals surface area contributed by atoms with Gasteiger partial charge in [-0.2, -0.15) is 0 Å². The van der Waals surface area contributed by atoms with Crippen molar-refractivity contribution in [3.05, 3.63) is 35.6 Å². The number of ether oxygens (including phenoxy) is 1. The fraction of sp³-hybridized carbons (Fsp3) is 0.571. The first-order valence-electron chi connectivity index (χ1n) is 6.26. The van der Waals surface area contributed by atoms with E-state index in [1.54, 1.807) is 7.11 Å². The van der Waals surface area contributed by atoms with E-state index in [-0.39, 0.29) is 5.82 Å².